The lowest BCUT2D eigenvalue weighted by atomic mass is 10.0. The van der Waals surface area contributed by atoms with Crippen molar-refractivity contribution in [3.63, 3.8) is 0 Å². The molecule has 8 aromatic heterocycles. The summed E-state index contributed by atoms with van der Waals surface area (Å²) >= 11 is 10.8. The number of nitrogens with zero attached hydrogens (tertiary/aromatic N) is 16. The van der Waals surface area contributed by atoms with Gasteiger partial charge in [-0.2, -0.15) is 24.9 Å². The Hall–Kier alpha value is -11.8. The number of carbonyl (C=O) groups is 2. The second-order valence-corrected chi connectivity index (χ2v) is 25.0. The van der Waals surface area contributed by atoms with Crippen molar-refractivity contribution in [2.24, 2.45) is 17.8 Å². The SMILES string of the molecule is COC(=O)C(C)CNc1nc(OC)ccc1[N+](=O)[O-].COc1ccc([N+](=O)[O-])c(Cl)n1.COc1ccc2c(n1)NCC(C)C(=O)C2.COc1ccc2c(n1)NCC(C)C(=S)C2.COc1ccc2c(n1)NCC(C)c1nnc(C)n1-2.[C-]#[N+]c1ccc(N2CC(C)c3nnc(C)n3-c3ccc(C)nc32)cc1. The third-order valence-corrected chi connectivity index (χ3v) is 17.5. The molecule has 13 rings (SSSR count). The first kappa shape index (κ1) is 77.9. The lowest BCUT2D eigenvalue weighted by molar-refractivity contribution is -0.385. The van der Waals surface area contributed by atoms with Crippen LogP contribution in [-0.4, -0.2) is 161 Å². The van der Waals surface area contributed by atoms with Gasteiger partial charge in [-0.05, 0) is 68.8 Å². The van der Waals surface area contributed by atoms with Crippen molar-refractivity contribution in [1.82, 2.24) is 59.4 Å². The van der Waals surface area contributed by atoms with E-state index in [0.717, 1.165) is 111 Å². The lowest BCUT2D eigenvalue weighted by Crippen LogP contribution is -2.23. The van der Waals surface area contributed by atoms with Crippen molar-refractivity contribution in [3.05, 3.63) is 174 Å². The molecule has 0 fully saturated rings. The van der Waals surface area contributed by atoms with Gasteiger partial charge in [0.1, 0.15) is 40.7 Å². The molecule has 5 unspecified atom stereocenters. The summed E-state index contributed by atoms with van der Waals surface area (Å²) in [6, 6.07) is 28.4. The summed E-state index contributed by atoms with van der Waals surface area (Å²) in [5.74, 6) is 9.73. The molecule has 12 heterocycles. The largest absolute Gasteiger partial charge is 0.481 e. The number of rotatable bonds is 12. The fourth-order valence-corrected chi connectivity index (χ4v) is 11.2. The van der Waals surface area contributed by atoms with Crippen LogP contribution >= 0.6 is 23.8 Å². The van der Waals surface area contributed by atoms with Crippen LogP contribution in [0.3, 0.4) is 0 Å². The predicted octanol–water partition coefficient (Wildman–Crippen LogP) is 11.8. The third kappa shape index (κ3) is 19.4. The highest BCUT2D eigenvalue weighted by molar-refractivity contribution is 7.80. The average Bonchev–Trinajstić information content (AvgIpc) is 1.60. The molecule has 4 aliphatic rings. The number of pyridine rings is 6. The Morgan fingerprint density at radius 2 is 1.10 bits per heavy atom. The van der Waals surface area contributed by atoms with Crippen LogP contribution in [0.1, 0.15) is 86.6 Å². The van der Waals surface area contributed by atoms with E-state index in [2.05, 4.69) is 112 Å². The topological polar surface area (TPSA) is 370 Å². The van der Waals surface area contributed by atoms with Gasteiger partial charge in [0.05, 0.1) is 76.4 Å². The van der Waals surface area contributed by atoms with Gasteiger partial charge in [0.25, 0.3) is 0 Å². The fraction of sp³-hybridized carbons (Fsp3) is 0.371. The Bertz CT molecular complexity index is 4520. The zero-order valence-corrected chi connectivity index (χ0v) is 61.5. The molecule has 0 spiro atoms. The predicted molar refractivity (Wildman–Crippen MR) is 396 cm³/mol. The molecule has 0 radical (unpaired) electrons. The highest BCUT2D eigenvalue weighted by Gasteiger charge is 2.31. The molecule has 32 nitrogen and oxygen atoms in total. The van der Waals surface area contributed by atoms with E-state index in [4.69, 9.17) is 59.1 Å². The zero-order chi connectivity index (χ0) is 75.5. The van der Waals surface area contributed by atoms with Gasteiger partial charge in [0.2, 0.25) is 40.4 Å². The summed E-state index contributed by atoms with van der Waals surface area (Å²) in [6.07, 6.45) is 1.29. The number of anilines is 6. The van der Waals surface area contributed by atoms with E-state index in [9.17, 15) is 29.8 Å². The minimum absolute atomic E-state index is 0.0465. The van der Waals surface area contributed by atoms with Crippen molar-refractivity contribution in [1.29, 1.82) is 0 Å². The number of halogens is 1. The van der Waals surface area contributed by atoms with Crippen LogP contribution < -0.4 is 49.9 Å². The van der Waals surface area contributed by atoms with E-state index in [-0.39, 0.29) is 64.2 Å². The Balaban J connectivity index is 0.000000160. The molecule has 0 aliphatic carbocycles. The maximum Gasteiger partial charge on any atom is 0.311 e. The standard InChI is InChI=1S/C19H18N6.C12H15N5O.C11H15N3O5.C11H14N2O2.C11H14N2OS.C6H5ClN2O3/c1-12-11-24(16-8-6-15(20-4)7-9-16)19-17(10-5-13(2)21-19)25-14(3)22-23-18(12)25;1-7-6-13-11-9(4-5-10(14-11)18-3)17-8(2)15-16-12(7)17;1-7(11(15)19-3)6-12-10-8(14(16)17)4-5-9(13-10)18-2;1-7-6-12-11-8(5-9(7)14)3-4-10(13-11)15-2;1-7-6-12-11-8(5-9(7)15)3-4-10(13-11)14-2;1-12-5-3-2-4(9(10)11)6(7)8-5/h5-10,12H,11H2,1-3H3;4-5,7H,6H2,1-3H3,(H,13,14);4-5,7H,6H2,1-3H3,(H,12,13);2*3-4,7H,5-6H2,1-2H3,(H,12,13);2-3H,1H3. The molecule has 4 aliphatic heterocycles. The minimum Gasteiger partial charge on any atom is -0.481 e. The van der Waals surface area contributed by atoms with Gasteiger partial charge in [0, 0.05) is 134 Å². The number of carbonyl (C=O) groups excluding carboxylic acids is 2. The molecule has 9 aromatic rings. The molecule has 104 heavy (non-hydrogen) atoms. The van der Waals surface area contributed by atoms with Gasteiger partial charge >= 0.3 is 17.3 Å². The van der Waals surface area contributed by atoms with Gasteiger partial charge in [-0.3, -0.25) is 39.0 Å². The van der Waals surface area contributed by atoms with E-state index in [1.807, 2.05) is 92.9 Å². The lowest BCUT2D eigenvalue weighted by Gasteiger charge is -2.25. The van der Waals surface area contributed by atoms with E-state index in [1.54, 1.807) is 34.3 Å². The Morgan fingerprint density at radius 1 is 0.615 bits per heavy atom. The van der Waals surface area contributed by atoms with E-state index in [0.29, 0.717) is 42.2 Å². The summed E-state index contributed by atoms with van der Waals surface area (Å²) in [4.78, 5) is 75.0. The normalized spacial score (nSPS) is 15.8. The molecule has 0 bridgehead atoms. The highest BCUT2D eigenvalue weighted by atomic mass is 35.5. The van der Waals surface area contributed by atoms with Crippen molar-refractivity contribution in [3.8, 4) is 40.8 Å². The molecule has 546 valence electrons. The molecule has 0 saturated heterocycles. The second kappa shape index (κ2) is 36.2. The van der Waals surface area contributed by atoms with Gasteiger partial charge in [0.15, 0.2) is 17.3 Å². The van der Waals surface area contributed by atoms with Crippen LogP contribution in [-0.2, 0) is 27.2 Å². The number of nitrogens with one attached hydrogen (secondary N) is 4. The molecular formula is C70H81ClN20O12S. The molecule has 1 aromatic carbocycles. The van der Waals surface area contributed by atoms with Crippen LogP contribution in [0.2, 0.25) is 5.15 Å². The van der Waals surface area contributed by atoms with E-state index in [1.165, 1.54) is 45.6 Å². The second-order valence-electron chi connectivity index (χ2n) is 24.1. The first-order chi connectivity index (χ1) is 49.8. The maximum atomic E-state index is 11.6. The Labute approximate surface area is 610 Å². The molecule has 34 heteroatoms. The van der Waals surface area contributed by atoms with Crippen molar-refractivity contribution in [2.75, 3.05) is 102 Å². The van der Waals surface area contributed by atoms with Crippen molar-refractivity contribution in [2.45, 2.75) is 80.1 Å². The monoisotopic (exact) mass is 1460 g/mol. The number of ether oxygens (including phenoxy) is 6. The Morgan fingerprint density at radius 3 is 1.65 bits per heavy atom. The zero-order valence-electron chi connectivity index (χ0n) is 59.9. The first-order valence-electron chi connectivity index (χ1n) is 32.7. The summed E-state index contributed by atoms with van der Waals surface area (Å²) in [5, 5.41) is 50.6. The summed E-state index contributed by atoms with van der Waals surface area (Å²) in [6.45, 7) is 26.2. The van der Waals surface area contributed by atoms with Crippen LogP contribution in [0.15, 0.2) is 97.1 Å². The summed E-state index contributed by atoms with van der Waals surface area (Å²) in [5.41, 5.74) is 6.28. The van der Waals surface area contributed by atoms with Gasteiger partial charge in [-0.1, -0.05) is 70.6 Å². The van der Waals surface area contributed by atoms with Crippen molar-refractivity contribution < 1.29 is 47.9 Å². The average molecular weight is 1460 g/mol. The molecule has 0 amide bonds. The van der Waals surface area contributed by atoms with E-state index < -0.39 is 21.7 Å². The van der Waals surface area contributed by atoms with Crippen LogP contribution in [0.4, 0.5) is 51.8 Å². The number of fused-ring (bicyclic) bond motifs is 8. The van der Waals surface area contributed by atoms with Crippen LogP contribution in [0.5, 0.6) is 29.4 Å². The quantitative estimate of drug-likeness (QED) is 0.0220. The van der Waals surface area contributed by atoms with Gasteiger partial charge < -0.3 is 54.6 Å². The number of nitro groups is 2. The number of ketones is 1. The molecular weight excluding hydrogens is 1380 g/mol. The third-order valence-electron chi connectivity index (χ3n) is 16.6. The number of hydrogen-bond donors (Lipinski definition) is 4. The Kier molecular flexibility index (Phi) is 27.1. The first-order valence-corrected chi connectivity index (χ1v) is 33.5. The fourth-order valence-electron chi connectivity index (χ4n) is 10.7. The smallest absolute Gasteiger partial charge is 0.311 e. The van der Waals surface area contributed by atoms with Gasteiger partial charge in [-0.15, -0.1) is 20.4 Å². The van der Waals surface area contributed by atoms with Gasteiger partial charge in [-0.25, -0.2) is 9.83 Å². The number of Topliss-reactive ketones (excluding diaryl/α,β-unsaturated/α-hetero) is 1. The highest BCUT2D eigenvalue weighted by Crippen LogP contribution is 2.38. The number of esters is 1. The van der Waals surface area contributed by atoms with Crippen molar-refractivity contribution >= 4 is 92.3 Å². The number of aryl methyl sites for hydroxylation is 3. The molecule has 5 atom stereocenters. The maximum absolute atomic E-state index is 11.6. The summed E-state index contributed by atoms with van der Waals surface area (Å²) in [7, 11) is 8.92. The number of aromatic nitrogens is 12. The number of benzene rings is 1. The van der Waals surface area contributed by atoms with Crippen LogP contribution in [0, 0.1) is 65.3 Å². The van der Waals surface area contributed by atoms with Crippen LogP contribution in [0.25, 0.3) is 16.2 Å². The van der Waals surface area contributed by atoms with E-state index >= 15 is 0 Å². The number of hydrogen-bond acceptors (Lipinski definition) is 28. The number of methoxy groups -OCH3 is 6. The molecule has 4 N–H and O–H groups in total. The summed E-state index contributed by atoms with van der Waals surface area (Å²) < 4.78 is 33.6. The molecule has 0 saturated carbocycles. The minimum atomic E-state index is -0.602. The number of thiocarbonyl (C=S) groups is 1.